The molecular formula is C13H17NO. The van der Waals surface area contributed by atoms with Crippen molar-refractivity contribution in [1.29, 1.82) is 0 Å². The summed E-state index contributed by atoms with van der Waals surface area (Å²) in [5.74, 6) is 0.216. The number of carbonyl (C=O) groups is 1. The van der Waals surface area contributed by atoms with E-state index >= 15 is 0 Å². The SMILES string of the molecule is O=C1CCCC[C@H](Cc2ccccc2)N1. The molecule has 0 aromatic heterocycles. The maximum Gasteiger partial charge on any atom is 0.220 e. The number of rotatable bonds is 2. The molecule has 1 N–H and O–H groups in total. The quantitative estimate of drug-likeness (QED) is 0.785. The molecule has 2 rings (SSSR count). The average molecular weight is 203 g/mol. The van der Waals surface area contributed by atoms with Gasteiger partial charge in [0.15, 0.2) is 0 Å². The van der Waals surface area contributed by atoms with Crippen LogP contribution in [0.5, 0.6) is 0 Å². The lowest BCUT2D eigenvalue weighted by Crippen LogP contribution is -2.34. The number of hydrogen-bond donors (Lipinski definition) is 1. The molecule has 2 nitrogen and oxygen atoms in total. The van der Waals surface area contributed by atoms with Crippen molar-refractivity contribution in [3.05, 3.63) is 35.9 Å². The van der Waals surface area contributed by atoms with Crippen LogP contribution in [-0.4, -0.2) is 11.9 Å². The fourth-order valence-corrected chi connectivity index (χ4v) is 2.10. The lowest BCUT2D eigenvalue weighted by atomic mass is 10.0. The summed E-state index contributed by atoms with van der Waals surface area (Å²) in [7, 11) is 0. The van der Waals surface area contributed by atoms with Crippen LogP contribution in [0, 0.1) is 0 Å². The van der Waals surface area contributed by atoms with E-state index in [1.54, 1.807) is 0 Å². The highest BCUT2D eigenvalue weighted by atomic mass is 16.1. The molecule has 1 atom stereocenters. The van der Waals surface area contributed by atoms with E-state index in [4.69, 9.17) is 0 Å². The fraction of sp³-hybridized carbons (Fsp3) is 0.462. The molecule has 0 saturated carbocycles. The minimum atomic E-state index is 0.216. The van der Waals surface area contributed by atoms with Crippen molar-refractivity contribution in [2.45, 2.75) is 38.1 Å². The molecule has 1 heterocycles. The zero-order chi connectivity index (χ0) is 10.5. The monoisotopic (exact) mass is 203 g/mol. The Bertz CT molecular complexity index is 321. The summed E-state index contributed by atoms with van der Waals surface area (Å²) in [4.78, 5) is 11.4. The lowest BCUT2D eigenvalue weighted by molar-refractivity contribution is -0.121. The summed E-state index contributed by atoms with van der Waals surface area (Å²) >= 11 is 0. The highest BCUT2D eigenvalue weighted by Crippen LogP contribution is 2.13. The molecule has 0 unspecified atom stereocenters. The summed E-state index contributed by atoms with van der Waals surface area (Å²) in [6.45, 7) is 0. The maximum absolute atomic E-state index is 11.4. The van der Waals surface area contributed by atoms with Gasteiger partial charge in [0.1, 0.15) is 0 Å². The number of benzene rings is 1. The van der Waals surface area contributed by atoms with E-state index in [-0.39, 0.29) is 5.91 Å². The average Bonchev–Trinajstić information content (AvgIpc) is 2.44. The van der Waals surface area contributed by atoms with Gasteiger partial charge in [-0.25, -0.2) is 0 Å². The smallest absolute Gasteiger partial charge is 0.220 e. The molecule has 0 radical (unpaired) electrons. The van der Waals surface area contributed by atoms with Crippen LogP contribution < -0.4 is 5.32 Å². The summed E-state index contributed by atoms with van der Waals surface area (Å²) < 4.78 is 0. The molecule has 1 saturated heterocycles. The Kier molecular flexibility index (Phi) is 3.38. The first-order chi connectivity index (χ1) is 7.34. The molecule has 2 heteroatoms. The molecule has 1 aliphatic heterocycles. The Balaban J connectivity index is 1.96. The standard InChI is InChI=1S/C13H17NO/c15-13-9-5-4-8-12(14-13)10-11-6-2-1-3-7-11/h1-3,6-7,12H,4-5,8-10H2,(H,14,15)/t12-/m1/s1. The van der Waals surface area contributed by atoms with Crippen molar-refractivity contribution >= 4 is 5.91 Å². The summed E-state index contributed by atoms with van der Waals surface area (Å²) in [5.41, 5.74) is 1.31. The van der Waals surface area contributed by atoms with E-state index in [2.05, 4.69) is 17.4 Å². The number of hydrogen-bond acceptors (Lipinski definition) is 1. The highest BCUT2D eigenvalue weighted by Gasteiger charge is 2.16. The van der Waals surface area contributed by atoms with Crippen molar-refractivity contribution in [2.24, 2.45) is 0 Å². The van der Waals surface area contributed by atoms with E-state index in [9.17, 15) is 4.79 Å². The first-order valence-electron chi connectivity index (χ1n) is 5.68. The maximum atomic E-state index is 11.4. The highest BCUT2D eigenvalue weighted by molar-refractivity contribution is 5.76. The Labute approximate surface area is 90.7 Å². The van der Waals surface area contributed by atoms with Crippen LogP contribution in [0.4, 0.5) is 0 Å². The van der Waals surface area contributed by atoms with Gasteiger partial charge in [0.25, 0.3) is 0 Å². The minimum absolute atomic E-state index is 0.216. The van der Waals surface area contributed by atoms with Gasteiger partial charge in [0, 0.05) is 12.5 Å². The molecular weight excluding hydrogens is 186 g/mol. The second kappa shape index (κ2) is 4.96. The van der Waals surface area contributed by atoms with Crippen LogP contribution in [0.1, 0.15) is 31.2 Å². The zero-order valence-electron chi connectivity index (χ0n) is 8.91. The van der Waals surface area contributed by atoms with E-state index in [1.807, 2.05) is 18.2 Å². The van der Waals surface area contributed by atoms with E-state index in [0.717, 1.165) is 25.7 Å². The normalized spacial score (nSPS) is 21.9. The van der Waals surface area contributed by atoms with Crippen molar-refractivity contribution in [3.8, 4) is 0 Å². The van der Waals surface area contributed by atoms with Gasteiger partial charge in [-0.05, 0) is 24.8 Å². The Morgan fingerprint density at radius 2 is 2.00 bits per heavy atom. The van der Waals surface area contributed by atoms with Crippen molar-refractivity contribution in [3.63, 3.8) is 0 Å². The van der Waals surface area contributed by atoms with Crippen LogP contribution >= 0.6 is 0 Å². The molecule has 0 aliphatic carbocycles. The van der Waals surface area contributed by atoms with Crippen LogP contribution in [-0.2, 0) is 11.2 Å². The molecule has 1 amide bonds. The predicted octanol–water partition coefficient (Wildman–Crippen LogP) is 2.29. The van der Waals surface area contributed by atoms with E-state index in [0.29, 0.717) is 12.5 Å². The third kappa shape index (κ3) is 3.08. The third-order valence-electron chi connectivity index (χ3n) is 2.90. The van der Waals surface area contributed by atoms with Gasteiger partial charge in [-0.1, -0.05) is 36.8 Å². The van der Waals surface area contributed by atoms with Crippen LogP contribution in [0.25, 0.3) is 0 Å². The largest absolute Gasteiger partial charge is 0.353 e. The lowest BCUT2D eigenvalue weighted by Gasteiger charge is -2.15. The van der Waals surface area contributed by atoms with Gasteiger partial charge in [-0.15, -0.1) is 0 Å². The molecule has 1 aromatic carbocycles. The molecule has 1 aromatic rings. The fourth-order valence-electron chi connectivity index (χ4n) is 2.10. The zero-order valence-corrected chi connectivity index (χ0v) is 8.91. The van der Waals surface area contributed by atoms with Gasteiger partial charge >= 0.3 is 0 Å². The van der Waals surface area contributed by atoms with Crippen molar-refractivity contribution in [1.82, 2.24) is 5.32 Å². The number of nitrogens with one attached hydrogen (secondary N) is 1. The second-order valence-corrected chi connectivity index (χ2v) is 4.20. The van der Waals surface area contributed by atoms with Crippen LogP contribution in [0.3, 0.4) is 0 Å². The van der Waals surface area contributed by atoms with E-state index in [1.165, 1.54) is 5.56 Å². The van der Waals surface area contributed by atoms with Gasteiger partial charge in [0.2, 0.25) is 5.91 Å². The number of carbonyl (C=O) groups excluding carboxylic acids is 1. The van der Waals surface area contributed by atoms with Crippen LogP contribution in [0.2, 0.25) is 0 Å². The van der Waals surface area contributed by atoms with Gasteiger partial charge in [-0.2, -0.15) is 0 Å². The topological polar surface area (TPSA) is 29.1 Å². The second-order valence-electron chi connectivity index (χ2n) is 4.20. The molecule has 0 spiro atoms. The van der Waals surface area contributed by atoms with Gasteiger partial charge in [-0.3, -0.25) is 4.79 Å². The summed E-state index contributed by atoms with van der Waals surface area (Å²) in [6, 6.07) is 10.7. The Hall–Kier alpha value is -1.31. The van der Waals surface area contributed by atoms with Crippen molar-refractivity contribution < 1.29 is 4.79 Å². The van der Waals surface area contributed by atoms with Gasteiger partial charge < -0.3 is 5.32 Å². The first kappa shape index (κ1) is 10.2. The summed E-state index contributed by atoms with van der Waals surface area (Å²) in [5, 5.41) is 3.09. The Morgan fingerprint density at radius 1 is 1.20 bits per heavy atom. The molecule has 15 heavy (non-hydrogen) atoms. The number of amides is 1. The minimum Gasteiger partial charge on any atom is -0.353 e. The Morgan fingerprint density at radius 3 is 2.80 bits per heavy atom. The molecule has 0 bridgehead atoms. The van der Waals surface area contributed by atoms with Gasteiger partial charge in [0.05, 0.1) is 0 Å². The van der Waals surface area contributed by atoms with Crippen LogP contribution in [0.15, 0.2) is 30.3 Å². The van der Waals surface area contributed by atoms with E-state index < -0.39 is 0 Å². The first-order valence-corrected chi connectivity index (χ1v) is 5.68. The third-order valence-corrected chi connectivity index (χ3v) is 2.90. The predicted molar refractivity (Wildman–Crippen MR) is 60.5 cm³/mol. The summed E-state index contributed by atoms with van der Waals surface area (Å²) in [6.07, 6.45) is 4.98. The molecule has 1 fully saturated rings. The molecule has 1 aliphatic rings. The molecule has 80 valence electrons. The van der Waals surface area contributed by atoms with Crippen molar-refractivity contribution in [2.75, 3.05) is 0 Å².